The first-order valence-electron chi connectivity index (χ1n) is 8.26. The van der Waals surface area contributed by atoms with E-state index in [1.54, 1.807) is 41.0 Å². The van der Waals surface area contributed by atoms with Crippen LogP contribution in [0, 0.1) is 0 Å². The Labute approximate surface area is 160 Å². The van der Waals surface area contributed by atoms with Crippen LogP contribution in [0.3, 0.4) is 0 Å². The fraction of sp³-hybridized carbons (Fsp3) is 0.211. The summed E-state index contributed by atoms with van der Waals surface area (Å²) in [5, 5.41) is 2.79. The molecule has 1 aromatic heterocycles. The number of anilines is 1. The van der Waals surface area contributed by atoms with E-state index in [1.165, 1.54) is 27.7 Å². The van der Waals surface area contributed by atoms with Crippen LogP contribution in [0.1, 0.15) is 0 Å². The Hall–Kier alpha value is -3.75. The number of benzene rings is 2. The van der Waals surface area contributed by atoms with Crippen LogP contribution in [0.4, 0.5) is 10.5 Å². The predicted octanol–water partition coefficient (Wildman–Crippen LogP) is 2.84. The Morgan fingerprint density at radius 3 is 2.43 bits per heavy atom. The highest BCUT2D eigenvalue weighted by Gasteiger charge is 2.15. The topological polar surface area (TPSA) is 101 Å². The lowest BCUT2D eigenvalue weighted by Gasteiger charge is -2.11. The summed E-state index contributed by atoms with van der Waals surface area (Å²) in [6.45, 7) is -0.0441. The Kier molecular flexibility index (Phi) is 5.64. The van der Waals surface area contributed by atoms with E-state index in [0.717, 1.165) is 0 Å². The zero-order chi connectivity index (χ0) is 20.1. The second-order valence-electron chi connectivity index (χ2n) is 5.70. The molecule has 0 unspecified atom stereocenters. The van der Waals surface area contributed by atoms with Gasteiger partial charge in [-0.1, -0.05) is 6.07 Å². The summed E-state index contributed by atoms with van der Waals surface area (Å²) in [6.07, 6.45) is 0.647. The van der Waals surface area contributed by atoms with Gasteiger partial charge in [0, 0.05) is 23.9 Å². The molecule has 1 amide bonds. The Bertz CT molecular complexity index is 992. The summed E-state index contributed by atoms with van der Waals surface area (Å²) in [5.41, 5.74) is 1.61. The zero-order valence-electron chi connectivity index (χ0n) is 15.6. The highest BCUT2D eigenvalue weighted by Crippen LogP contribution is 2.27. The zero-order valence-corrected chi connectivity index (χ0v) is 15.6. The van der Waals surface area contributed by atoms with Crippen LogP contribution < -0.4 is 19.5 Å². The van der Waals surface area contributed by atoms with E-state index >= 15 is 0 Å². The molecule has 9 nitrogen and oxygen atoms in total. The summed E-state index contributed by atoms with van der Waals surface area (Å²) in [5.74, 6) is 1.05. The van der Waals surface area contributed by atoms with Crippen LogP contribution in [0.5, 0.6) is 17.2 Å². The average Bonchev–Trinajstić information content (AvgIpc) is 3.11. The molecule has 1 heterocycles. The van der Waals surface area contributed by atoms with Gasteiger partial charge < -0.3 is 28.8 Å². The molecule has 2 aromatic carbocycles. The largest absolute Gasteiger partial charge is 0.513 e. The number of fused-ring (bicyclic) bond motifs is 1. The van der Waals surface area contributed by atoms with Gasteiger partial charge >= 0.3 is 6.16 Å². The molecule has 28 heavy (non-hydrogen) atoms. The van der Waals surface area contributed by atoms with E-state index in [0.29, 0.717) is 28.2 Å². The molecule has 0 atom stereocenters. The van der Waals surface area contributed by atoms with Crippen molar-refractivity contribution >= 4 is 28.8 Å². The number of methoxy groups -OCH3 is 3. The summed E-state index contributed by atoms with van der Waals surface area (Å²) < 4.78 is 21.7. The van der Waals surface area contributed by atoms with Crippen LogP contribution in [-0.4, -0.2) is 42.9 Å². The highest BCUT2D eigenvalue weighted by atomic mass is 16.7. The number of aromatic nitrogens is 2. The average molecular weight is 385 g/mol. The lowest BCUT2D eigenvalue weighted by molar-refractivity contribution is -0.116. The van der Waals surface area contributed by atoms with Crippen LogP contribution in [0.2, 0.25) is 0 Å². The van der Waals surface area contributed by atoms with Crippen molar-refractivity contribution in [3.63, 3.8) is 0 Å². The van der Waals surface area contributed by atoms with Gasteiger partial charge in [0.25, 0.3) is 0 Å². The smallest absolute Gasteiger partial charge is 0.497 e. The third kappa shape index (κ3) is 4.14. The SMILES string of the molecule is COC(=O)Oc1cccc2ncn(CC(=O)Nc3cc(OC)cc(OC)c3)c12. The summed E-state index contributed by atoms with van der Waals surface area (Å²) in [7, 11) is 4.28. The van der Waals surface area contributed by atoms with E-state index in [1.807, 2.05) is 0 Å². The maximum absolute atomic E-state index is 12.5. The number of rotatable bonds is 6. The number of hydrogen-bond acceptors (Lipinski definition) is 7. The molecular formula is C19H19N3O6. The molecule has 0 radical (unpaired) electrons. The summed E-state index contributed by atoms with van der Waals surface area (Å²) in [4.78, 5) is 28.2. The third-order valence-electron chi connectivity index (χ3n) is 3.91. The fourth-order valence-corrected chi connectivity index (χ4v) is 2.66. The first-order valence-corrected chi connectivity index (χ1v) is 8.26. The van der Waals surface area contributed by atoms with Gasteiger partial charge in [-0.05, 0) is 12.1 Å². The lowest BCUT2D eigenvalue weighted by atomic mass is 10.2. The van der Waals surface area contributed by atoms with Crippen molar-refractivity contribution in [3.8, 4) is 17.2 Å². The second-order valence-corrected chi connectivity index (χ2v) is 5.70. The maximum Gasteiger partial charge on any atom is 0.513 e. The van der Waals surface area contributed by atoms with E-state index in [2.05, 4.69) is 15.0 Å². The molecule has 0 saturated heterocycles. The number of carbonyl (C=O) groups excluding carboxylic acids is 2. The minimum absolute atomic E-state index is 0.0441. The van der Waals surface area contributed by atoms with Gasteiger partial charge in [-0.15, -0.1) is 0 Å². The van der Waals surface area contributed by atoms with Crippen LogP contribution in [-0.2, 0) is 16.1 Å². The molecule has 3 aromatic rings. The van der Waals surface area contributed by atoms with Crippen molar-refractivity contribution in [1.82, 2.24) is 9.55 Å². The quantitative estimate of drug-likeness (QED) is 0.514. The van der Waals surface area contributed by atoms with Gasteiger partial charge in [-0.25, -0.2) is 9.78 Å². The lowest BCUT2D eigenvalue weighted by Crippen LogP contribution is -2.18. The van der Waals surface area contributed by atoms with Crippen molar-refractivity contribution in [3.05, 3.63) is 42.7 Å². The number of imidazole rings is 1. The molecule has 1 N–H and O–H groups in total. The van der Waals surface area contributed by atoms with Crippen molar-refractivity contribution in [1.29, 1.82) is 0 Å². The second kappa shape index (κ2) is 8.30. The monoisotopic (exact) mass is 385 g/mol. The highest BCUT2D eigenvalue weighted by molar-refractivity contribution is 5.93. The van der Waals surface area contributed by atoms with E-state index in [-0.39, 0.29) is 18.2 Å². The molecule has 0 aliphatic carbocycles. The van der Waals surface area contributed by atoms with Gasteiger partial charge in [0.05, 0.1) is 33.2 Å². The first kappa shape index (κ1) is 19.0. The predicted molar refractivity (Wildman–Crippen MR) is 101 cm³/mol. The van der Waals surface area contributed by atoms with E-state index in [9.17, 15) is 9.59 Å². The van der Waals surface area contributed by atoms with Crippen LogP contribution in [0.15, 0.2) is 42.7 Å². The molecule has 3 rings (SSSR count). The molecule has 0 aliphatic heterocycles. The molecule has 9 heteroatoms. The van der Waals surface area contributed by atoms with Crippen molar-refractivity contribution < 1.29 is 28.5 Å². The number of hydrogen-bond donors (Lipinski definition) is 1. The molecule has 0 fully saturated rings. The third-order valence-corrected chi connectivity index (χ3v) is 3.91. The number of para-hydroxylation sites is 1. The van der Waals surface area contributed by atoms with Crippen molar-refractivity contribution in [2.45, 2.75) is 6.54 Å². The number of nitrogens with zero attached hydrogens (tertiary/aromatic N) is 2. The van der Waals surface area contributed by atoms with Crippen molar-refractivity contribution in [2.24, 2.45) is 0 Å². The van der Waals surface area contributed by atoms with Gasteiger partial charge in [0.15, 0.2) is 5.75 Å². The first-order chi connectivity index (χ1) is 13.5. The Balaban J connectivity index is 1.83. The van der Waals surface area contributed by atoms with Crippen LogP contribution >= 0.6 is 0 Å². The van der Waals surface area contributed by atoms with Crippen LogP contribution in [0.25, 0.3) is 11.0 Å². The molecule has 0 saturated carbocycles. The van der Waals surface area contributed by atoms with Gasteiger partial charge in [-0.3, -0.25) is 4.79 Å². The number of amides is 1. The molecule has 0 bridgehead atoms. The van der Waals surface area contributed by atoms with Gasteiger partial charge in [0.1, 0.15) is 23.6 Å². The Morgan fingerprint density at radius 2 is 1.79 bits per heavy atom. The normalized spacial score (nSPS) is 10.4. The summed E-state index contributed by atoms with van der Waals surface area (Å²) in [6, 6.07) is 10.1. The molecule has 0 spiro atoms. The minimum Gasteiger partial charge on any atom is -0.497 e. The Morgan fingerprint density at radius 1 is 1.07 bits per heavy atom. The van der Waals surface area contributed by atoms with E-state index < -0.39 is 6.16 Å². The van der Waals surface area contributed by atoms with Gasteiger partial charge in [-0.2, -0.15) is 0 Å². The van der Waals surface area contributed by atoms with E-state index in [4.69, 9.17) is 14.2 Å². The minimum atomic E-state index is -0.854. The standard InChI is InChI=1S/C19H19N3O6/c1-25-13-7-12(8-14(9-13)26-2)21-17(23)10-22-11-20-15-5-4-6-16(18(15)22)28-19(24)27-3/h4-9,11H,10H2,1-3H3,(H,21,23). The molecule has 146 valence electrons. The summed E-state index contributed by atoms with van der Waals surface area (Å²) >= 11 is 0. The van der Waals surface area contributed by atoms with Gasteiger partial charge in [0.2, 0.25) is 5.91 Å². The fourth-order valence-electron chi connectivity index (χ4n) is 2.66. The molecular weight excluding hydrogens is 366 g/mol. The molecule has 0 aliphatic rings. The number of nitrogens with one attached hydrogen (secondary N) is 1. The number of carbonyl (C=O) groups is 2. The number of ether oxygens (including phenoxy) is 4. The maximum atomic E-state index is 12.5. The van der Waals surface area contributed by atoms with Crippen molar-refractivity contribution in [2.75, 3.05) is 26.6 Å².